The van der Waals surface area contributed by atoms with E-state index in [2.05, 4.69) is 16.8 Å². The Morgan fingerprint density at radius 1 is 1.50 bits per heavy atom. The lowest BCUT2D eigenvalue weighted by atomic mass is 10.2. The molecule has 0 saturated heterocycles. The van der Waals surface area contributed by atoms with Gasteiger partial charge in [-0.25, -0.2) is 0 Å². The summed E-state index contributed by atoms with van der Waals surface area (Å²) >= 11 is 0. The van der Waals surface area contributed by atoms with E-state index in [0.717, 1.165) is 18.3 Å². The van der Waals surface area contributed by atoms with Crippen molar-refractivity contribution in [2.75, 3.05) is 11.4 Å². The van der Waals surface area contributed by atoms with Crippen LogP contribution in [0.2, 0.25) is 0 Å². The van der Waals surface area contributed by atoms with Gasteiger partial charge in [0, 0.05) is 24.5 Å². The van der Waals surface area contributed by atoms with E-state index in [9.17, 15) is 0 Å². The van der Waals surface area contributed by atoms with Gasteiger partial charge < -0.3 is 10.0 Å². The van der Waals surface area contributed by atoms with Crippen LogP contribution in [-0.2, 0) is 6.61 Å². The first-order valence-corrected chi connectivity index (χ1v) is 6.17. The summed E-state index contributed by atoms with van der Waals surface area (Å²) in [4.78, 5) is 6.59. The Bertz CT molecular complexity index is 336. The van der Waals surface area contributed by atoms with Gasteiger partial charge in [0.05, 0.1) is 12.3 Å². The molecule has 1 saturated carbocycles. The minimum absolute atomic E-state index is 0.0279. The molecule has 0 atom stereocenters. The van der Waals surface area contributed by atoms with Crippen LogP contribution >= 0.6 is 0 Å². The molecule has 3 heteroatoms. The number of rotatable bonds is 6. The average molecular weight is 220 g/mol. The normalized spacial score (nSPS) is 15.1. The topological polar surface area (TPSA) is 36.4 Å². The standard InChI is InChI=1S/C13H20N2O/c1-2-3-8-15(12-4-5-12)13-6-7-14-11(9-13)10-16/h6-7,9,12,16H,2-5,8,10H2,1H3. The Morgan fingerprint density at radius 2 is 2.31 bits per heavy atom. The van der Waals surface area contributed by atoms with E-state index in [1.165, 1.54) is 31.4 Å². The summed E-state index contributed by atoms with van der Waals surface area (Å²) in [6, 6.07) is 4.78. The molecule has 0 aliphatic heterocycles. The summed E-state index contributed by atoms with van der Waals surface area (Å²) in [6.07, 6.45) is 6.86. The highest BCUT2D eigenvalue weighted by atomic mass is 16.3. The molecule has 1 fully saturated rings. The molecule has 0 unspecified atom stereocenters. The minimum Gasteiger partial charge on any atom is -0.390 e. The average Bonchev–Trinajstić information content (AvgIpc) is 3.14. The fourth-order valence-corrected chi connectivity index (χ4v) is 1.97. The quantitative estimate of drug-likeness (QED) is 0.799. The fourth-order valence-electron chi connectivity index (χ4n) is 1.97. The maximum absolute atomic E-state index is 9.09. The summed E-state index contributed by atoms with van der Waals surface area (Å²) in [5, 5.41) is 9.09. The SMILES string of the molecule is CCCCN(c1ccnc(CO)c1)C1CC1. The second-order valence-corrected chi connectivity index (χ2v) is 4.44. The van der Waals surface area contributed by atoms with Crippen molar-refractivity contribution in [3.63, 3.8) is 0 Å². The van der Waals surface area contributed by atoms with E-state index in [1.54, 1.807) is 6.20 Å². The van der Waals surface area contributed by atoms with Crippen LogP contribution in [0.5, 0.6) is 0 Å². The molecule has 1 N–H and O–H groups in total. The Kier molecular flexibility index (Phi) is 3.78. The number of aliphatic hydroxyl groups excluding tert-OH is 1. The van der Waals surface area contributed by atoms with Crippen molar-refractivity contribution in [1.82, 2.24) is 4.98 Å². The molecule has 3 nitrogen and oxygen atoms in total. The number of aliphatic hydroxyl groups is 1. The van der Waals surface area contributed by atoms with E-state index >= 15 is 0 Å². The van der Waals surface area contributed by atoms with Crippen LogP contribution in [-0.4, -0.2) is 22.7 Å². The Morgan fingerprint density at radius 3 is 2.94 bits per heavy atom. The summed E-state index contributed by atoms with van der Waals surface area (Å²) < 4.78 is 0. The third kappa shape index (κ3) is 2.73. The van der Waals surface area contributed by atoms with Gasteiger partial charge in [0.1, 0.15) is 0 Å². The molecule has 0 amide bonds. The zero-order valence-electron chi connectivity index (χ0n) is 9.89. The van der Waals surface area contributed by atoms with Gasteiger partial charge in [0.25, 0.3) is 0 Å². The fraction of sp³-hybridized carbons (Fsp3) is 0.615. The van der Waals surface area contributed by atoms with Crippen molar-refractivity contribution in [2.24, 2.45) is 0 Å². The zero-order chi connectivity index (χ0) is 11.4. The van der Waals surface area contributed by atoms with Gasteiger partial charge in [-0.05, 0) is 31.4 Å². The molecule has 2 rings (SSSR count). The number of nitrogens with zero attached hydrogens (tertiary/aromatic N) is 2. The van der Waals surface area contributed by atoms with Gasteiger partial charge in [0.2, 0.25) is 0 Å². The minimum atomic E-state index is 0.0279. The van der Waals surface area contributed by atoms with Gasteiger partial charge in [-0.1, -0.05) is 13.3 Å². The van der Waals surface area contributed by atoms with Gasteiger partial charge in [-0.2, -0.15) is 0 Å². The molecule has 1 heterocycles. The molecule has 0 radical (unpaired) electrons. The van der Waals surface area contributed by atoms with Crippen LogP contribution in [0, 0.1) is 0 Å². The molecular formula is C13H20N2O. The van der Waals surface area contributed by atoms with Crippen molar-refractivity contribution >= 4 is 5.69 Å². The lowest BCUT2D eigenvalue weighted by Crippen LogP contribution is -2.26. The molecule has 1 aromatic heterocycles. The van der Waals surface area contributed by atoms with Crippen molar-refractivity contribution in [3.8, 4) is 0 Å². The van der Waals surface area contributed by atoms with E-state index in [4.69, 9.17) is 5.11 Å². The number of pyridine rings is 1. The van der Waals surface area contributed by atoms with Gasteiger partial charge in [-0.3, -0.25) is 4.98 Å². The third-order valence-corrected chi connectivity index (χ3v) is 3.03. The van der Waals surface area contributed by atoms with Crippen LogP contribution in [0.1, 0.15) is 38.3 Å². The highest BCUT2D eigenvalue weighted by Crippen LogP contribution is 2.31. The number of aromatic nitrogens is 1. The molecule has 1 aliphatic rings. The highest BCUT2D eigenvalue weighted by Gasteiger charge is 2.28. The molecule has 0 bridgehead atoms. The Labute approximate surface area is 97.1 Å². The number of anilines is 1. The van der Waals surface area contributed by atoms with Crippen LogP contribution in [0.3, 0.4) is 0 Å². The van der Waals surface area contributed by atoms with Crippen molar-refractivity contribution in [1.29, 1.82) is 0 Å². The summed E-state index contributed by atoms with van der Waals surface area (Å²) in [6.45, 7) is 3.37. The van der Waals surface area contributed by atoms with Crippen LogP contribution in [0.15, 0.2) is 18.3 Å². The van der Waals surface area contributed by atoms with Crippen LogP contribution in [0.4, 0.5) is 5.69 Å². The first-order chi connectivity index (χ1) is 7.85. The zero-order valence-corrected chi connectivity index (χ0v) is 9.89. The largest absolute Gasteiger partial charge is 0.390 e. The predicted molar refractivity (Wildman–Crippen MR) is 65.4 cm³/mol. The van der Waals surface area contributed by atoms with Gasteiger partial charge >= 0.3 is 0 Å². The molecule has 0 spiro atoms. The number of unbranched alkanes of at least 4 members (excludes halogenated alkanes) is 1. The summed E-state index contributed by atoms with van der Waals surface area (Å²) in [5.74, 6) is 0. The Hall–Kier alpha value is -1.09. The van der Waals surface area contributed by atoms with E-state index in [1.807, 2.05) is 12.1 Å². The molecule has 1 aromatic rings. The Balaban J connectivity index is 2.10. The lowest BCUT2D eigenvalue weighted by molar-refractivity contribution is 0.277. The smallest absolute Gasteiger partial charge is 0.0853 e. The molecule has 16 heavy (non-hydrogen) atoms. The maximum atomic E-state index is 9.09. The van der Waals surface area contributed by atoms with E-state index in [0.29, 0.717) is 0 Å². The van der Waals surface area contributed by atoms with Gasteiger partial charge in [0.15, 0.2) is 0 Å². The number of hydrogen-bond donors (Lipinski definition) is 1. The second kappa shape index (κ2) is 5.30. The predicted octanol–water partition coefficient (Wildman–Crippen LogP) is 2.34. The second-order valence-electron chi connectivity index (χ2n) is 4.44. The van der Waals surface area contributed by atoms with E-state index in [-0.39, 0.29) is 6.61 Å². The monoisotopic (exact) mass is 220 g/mol. The third-order valence-electron chi connectivity index (χ3n) is 3.03. The summed E-state index contributed by atoms with van der Waals surface area (Å²) in [5.41, 5.74) is 1.98. The molecule has 0 aromatic carbocycles. The molecular weight excluding hydrogens is 200 g/mol. The number of hydrogen-bond acceptors (Lipinski definition) is 3. The van der Waals surface area contributed by atoms with E-state index < -0.39 is 0 Å². The van der Waals surface area contributed by atoms with Crippen LogP contribution < -0.4 is 4.90 Å². The molecule has 1 aliphatic carbocycles. The maximum Gasteiger partial charge on any atom is 0.0853 e. The first kappa shape index (κ1) is 11.4. The van der Waals surface area contributed by atoms with Crippen molar-refractivity contribution in [3.05, 3.63) is 24.0 Å². The van der Waals surface area contributed by atoms with Gasteiger partial charge in [-0.15, -0.1) is 0 Å². The van der Waals surface area contributed by atoms with Crippen molar-refractivity contribution < 1.29 is 5.11 Å². The first-order valence-electron chi connectivity index (χ1n) is 6.17. The highest BCUT2D eigenvalue weighted by molar-refractivity contribution is 5.48. The molecule has 88 valence electrons. The summed E-state index contributed by atoms with van der Waals surface area (Å²) in [7, 11) is 0. The van der Waals surface area contributed by atoms with Crippen molar-refractivity contribution in [2.45, 2.75) is 45.3 Å². The van der Waals surface area contributed by atoms with Crippen LogP contribution in [0.25, 0.3) is 0 Å². The lowest BCUT2D eigenvalue weighted by Gasteiger charge is -2.24.